The molecular weight excluding hydrogens is 81.7 g/mol. The first kappa shape index (κ1) is 5.27. The topological polar surface area (TPSA) is 0 Å². The molecule has 2 heteroatoms. The fourth-order valence-electron chi connectivity index (χ4n) is 1.13. The van der Waals surface area contributed by atoms with Gasteiger partial charge >= 0.3 is 0 Å². The summed E-state index contributed by atoms with van der Waals surface area (Å²) in [7, 11) is 4.71. The van der Waals surface area contributed by atoms with Gasteiger partial charge in [-0.3, -0.25) is 0 Å². The van der Waals surface area contributed by atoms with E-state index in [1.165, 1.54) is 12.8 Å². The predicted molar refractivity (Wildman–Crippen MR) is 38.4 cm³/mol. The second-order valence-electron chi connectivity index (χ2n) is 3.11. The van der Waals surface area contributed by atoms with Crippen LogP contribution in [0.5, 0.6) is 0 Å². The van der Waals surface area contributed by atoms with E-state index in [1.807, 2.05) is 0 Å². The quantitative estimate of drug-likeness (QED) is 0.401. The van der Waals surface area contributed by atoms with Crippen molar-refractivity contribution in [1.82, 2.24) is 0 Å². The highest BCUT2D eigenvalue weighted by atomic mass is 14.4. The Balaban J connectivity index is 2.36. The molecule has 0 N–H and O–H groups in total. The average molecular weight is 93.8 g/mol. The molecule has 0 aliphatic heterocycles. The summed E-state index contributed by atoms with van der Waals surface area (Å²) in [5.74, 6) is 1.01. The maximum absolute atomic E-state index is 2.37. The van der Waals surface area contributed by atoms with E-state index in [1.54, 1.807) is 0 Å². The van der Waals surface area contributed by atoms with Crippen LogP contribution in [0, 0.1) is 0 Å². The molecule has 0 radical (unpaired) electrons. The summed E-state index contributed by atoms with van der Waals surface area (Å²) < 4.78 is 0. The van der Waals surface area contributed by atoms with Crippen LogP contribution in [0.15, 0.2) is 0 Å². The zero-order valence-electron chi connectivity index (χ0n) is 5.49. The van der Waals surface area contributed by atoms with Gasteiger partial charge in [-0.25, -0.2) is 0 Å². The molecule has 0 nitrogen and oxygen atoms in total. The molecule has 0 aromatic rings. The van der Waals surface area contributed by atoms with Gasteiger partial charge in [0, 0.05) is 0 Å². The van der Waals surface area contributed by atoms with E-state index in [4.69, 9.17) is 0 Å². The Morgan fingerprint density at radius 3 is 2.29 bits per heavy atom. The lowest BCUT2D eigenvalue weighted by molar-refractivity contribution is 0.823. The van der Waals surface area contributed by atoms with Crippen LogP contribution in [-0.4, -0.2) is 15.7 Å². The Bertz CT molecular complexity index is 78.1. The van der Waals surface area contributed by atoms with Gasteiger partial charge in [-0.2, -0.15) is 0 Å². The van der Waals surface area contributed by atoms with Gasteiger partial charge in [-0.05, 0) is 0 Å². The fourth-order valence-corrected chi connectivity index (χ4v) is 1.13. The Morgan fingerprint density at radius 1 is 1.86 bits per heavy atom. The second-order valence-corrected chi connectivity index (χ2v) is 3.11. The van der Waals surface area contributed by atoms with Crippen LogP contribution in [0.4, 0.5) is 0 Å². The highest BCUT2D eigenvalue weighted by molar-refractivity contribution is 6.28. The molecule has 0 saturated heterocycles. The van der Waals surface area contributed by atoms with Crippen molar-refractivity contribution in [2.45, 2.75) is 30.9 Å². The summed E-state index contributed by atoms with van der Waals surface area (Å²) in [4.78, 5) is 0. The van der Waals surface area contributed by atoms with E-state index in [2.05, 4.69) is 22.6 Å². The molecule has 1 rings (SSSR count). The lowest BCUT2D eigenvalue weighted by atomic mass is 9.74. The zero-order chi connectivity index (χ0) is 5.49. The van der Waals surface area contributed by atoms with E-state index in [0.717, 1.165) is 11.1 Å². The van der Waals surface area contributed by atoms with Crippen LogP contribution < -0.4 is 0 Å². The molecule has 38 valence electrons. The van der Waals surface area contributed by atoms with Crippen LogP contribution in [0.3, 0.4) is 0 Å². The van der Waals surface area contributed by atoms with Gasteiger partial charge in [0.15, 0.2) is 0 Å². The van der Waals surface area contributed by atoms with Crippen molar-refractivity contribution in [2.24, 2.45) is 0 Å². The molecular formula is C5H12B2. The second kappa shape index (κ2) is 1.30. The molecule has 0 heterocycles. The minimum atomic E-state index is 0.750. The third-order valence-corrected chi connectivity index (χ3v) is 2.61. The smallest absolute Gasteiger partial charge is 0.0714 e. The SMILES string of the molecule is BC1CC1(B)CC. The van der Waals surface area contributed by atoms with E-state index >= 15 is 0 Å². The molecule has 0 aromatic carbocycles. The summed E-state index contributed by atoms with van der Waals surface area (Å²) in [5.41, 5.74) is 0. The molecule has 2 unspecified atom stereocenters. The Morgan fingerprint density at radius 2 is 2.29 bits per heavy atom. The Kier molecular flexibility index (Phi) is 0.980. The number of hydrogen-bond acceptors (Lipinski definition) is 0. The molecule has 0 aromatic heterocycles. The van der Waals surface area contributed by atoms with E-state index in [0.29, 0.717) is 0 Å². The van der Waals surface area contributed by atoms with Crippen molar-refractivity contribution in [1.29, 1.82) is 0 Å². The first-order valence-electron chi connectivity index (χ1n) is 3.19. The van der Waals surface area contributed by atoms with Gasteiger partial charge < -0.3 is 0 Å². The van der Waals surface area contributed by atoms with Crippen molar-refractivity contribution in [2.75, 3.05) is 0 Å². The monoisotopic (exact) mass is 94.1 g/mol. The molecule has 0 bridgehead atoms. The average Bonchev–Trinajstić information content (AvgIpc) is 2.18. The predicted octanol–water partition coefficient (Wildman–Crippen LogP) is 0.0135. The van der Waals surface area contributed by atoms with Crippen LogP contribution in [0.25, 0.3) is 0 Å². The van der Waals surface area contributed by atoms with Gasteiger partial charge in [-0.1, -0.05) is 30.9 Å². The van der Waals surface area contributed by atoms with Crippen molar-refractivity contribution in [3.8, 4) is 0 Å². The summed E-state index contributed by atoms with van der Waals surface area (Å²) in [6.07, 6.45) is 2.83. The van der Waals surface area contributed by atoms with E-state index < -0.39 is 0 Å². The third-order valence-electron chi connectivity index (χ3n) is 2.61. The first-order chi connectivity index (χ1) is 3.19. The normalized spacial score (nSPS) is 49.0. The molecule has 1 aliphatic carbocycles. The van der Waals surface area contributed by atoms with Crippen LogP contribution >= 0.6 is 0 Å². The minimum absolute atomic E-state index is 0.750. The van der Waals surface area contributed by atoms with Crippen molar-refractivity contribution in [3.05, 3.63) is 0 Å². The Hall–Kier alpha value is 0.130. The van der Waals surface area contributed by atoms with Gasteiger partial charge in [0.2, 0.25) is 0 Å². The molecule has 0 amide bonds. The van der Waals surface area contributed by atoms with Gasteiger partial charge in [0.05, 0.1) is 0 Å². The summed E-state index contributed by atoms with van der Waals surface area (Å²) >= 11 is 0. The highest BCUT2D eigenvalue weighted by Crippen LogP contribution is 2.62. The summed E-state index contributed by atoms with van der Waals surface area (Å²) in [6.45, 7) is 2.28. The maximum atomic E-state index is 2.37. The molecule has 1 fully saturated rings. The molecule has 2 atom stereocenters. The van der Waals surface area contributed by atoms with Gasteiger partial charge in [0.1, 0.15) is 15.7 Å². The first-order valence-corrected chi connectivity index (χ1v) is 3.19. The van der Waals surface area contributed by atoms with Crippen molar-refractivity contribution in [3.63, 3.8) is 0 Å². The molecule has 1 aliphatic rings. The van der Waals surface area contributed by atoms with Crippen LogP contribution in [0.2, 0.25) is 11.1 Å². The molecule has 1 saturated carbocycles. The standard InChI is InChI=1S/C5H12B2/c1-2-5(7)3-4(5)6/h4H,2-3,6-7H2,1H3. The van der Waals surface area contributed by atoms with Crippen molar-refractivity contribution < 1.29 is 0 Å². The zero-order valence-corrected chi connectivity index (χ0v) is 5.49. The summed E-state index contributed by atoms with van der Waals surface area (Å²) in [5, 5.41) is 0.750. The third kappa shape index (κ3) is 0.711. The van der Waals surface area contributed by atoms with Gasteiger partial charge in [0.25, 0.3) is 0 Å². The largest absolute Gasteiger partial charge is 0.108 e. The lowest BCUT2D eigenvalue weighted by Gasteiger charge is -2.00. The van der Waals surface area contributed by atoms with Crippen LogP contribution in [-0.2, 0) is 0 Å². The van der Waals surface area contributed by atoms with Gasteiger partial charge in [-0.15, -0.1) is 0 Å². The number of rotatable bonds is 1. The van der Waals surface area contributed by atoms with Crippen molar-refractivity contribution >= 4 is 15.7 Å². The highest BCUT2D eigenvalue weighted by Gasteiger charge is 2.43. The lowest BCUT2D eigenvalue weighted by Crippen LogP contribution is -1.88. The van der Waals surface area contributed by atoms with E-state index in [9.17, 15) is 0 Å². The minimum Gasteiger partial charge on any atom is -0.0714 e. The van der Waals surface area contributed by atoms with Crippen LogP contribution in [0.1, 0.15) is 19.8 Å². The Labute approximate surface area is 47.5 Å². The molecule has 0 spiro atoms. The number of hydrogen-bond donors (Lipinski definition) is 0. The maximum Gasteiger partial charge on any atom is 0.108 e. The van der Waals surface area contributed by atoms with E-state index in [-0.39, 0.29) is 0 Å². The fraction of sp³-hybridized carbons (Fsp3) is 1.00. The summed E-state index contributed by atoms with van der Waals surface area (Å²) in [6, 6.07) is 0. The molecule has 7 heavy (non-hydrogen) atoms.